The number of benzene rings is 1. The Morgan fingerprint density at radius 2 is 1.82 bits per heavy atom. The lowest BCUT2D eigenvalue weighted by Gasteiger charge is -2.16. The number of carbonyl (C=O) groups is 3. The number of ketones is 3. The third kappa shape index (κ3) is 3.42. The quantitative estimate of drug-likeness (QED) is 0.616. The zero-order chi connectivity index (χ0) is 16.1. The van der Waals surface area contributed by atoms with Gasteiger partial charge in [-0.15, -0.1) is 0 Å². The van der Waals surface area contributed by atoms with Gasteiger partial charge >= 0.3 is 0 Å². The smallest absolute Gasteiger partial charge is 0.173 e. The van der Waals surface area contributed by atoms with E-state index < -0.39 is 11.7 Å². The molecule has 0 N–H and O–H groups in total. The second-order valence-corrected chi connectivity index (χ2v) is 5.06. The molecule has 0 aliphatic heterocycles. The lowest BCUT2D eigenvalue weighted by Crippen LogP contribution is -2.34. The van der Waals surface area contributed by atoms with E-state index in [9.17, 15) is 14.4 Å². The molecule has 0 spiro atoms. The minimum absolute atomic E-state index is 0.285. The molecular formula is C17H18O5. The summed E-state index contributed by atoms with van der Waals surface area (Å²) in [6, 6.07) is 5.18. The summed E-state index contributed by atoms with van der Waals surface area (Å²) in [5, 5.41) is 0. The molecule has 1 aliphatic carbocycles. The van der Waals surface area contributed by atoms with Gasteiger partial charge in [-0.05, 0) is 30.7 Å². The second-order valence-electron chi connectivity index (χ2n) is 5.06. The molecule has 1 aliphatic rings. The lowest BCUT2D eigenvalue weighted by atomic mass is 9.83. The van der Waals surface area contributed by atoms with Gasteiger partial charge in [0, 0.05) is 24.5 Å². The highest BCUT2D eigenvalue weighted by molar-refractivity contribution is 6.24. The zero-order valence-corrected chi connectivity index (χ0v) is 12.6. The fourth-order valence-electron chi connectivity index (χ4n) is 2.45. The van der Waals surface area contributed by atoms with Gasteiger partial charge in [0.25, 0.3) is 0 Å². The van der Waals surface area contributed by atoms with Crippen molar-refractivity contribution in [1.82, 2.24) is 0 Å². The van der Waals surface area contributed by atoms with Crippen LogP contribution < -0.4 is 9.47 Å². The molecule has 1 aromatic rings. The molecule has 0 atom stereocenters. The number of hydrogen-bond donors (Lipinski definition) is 0. The molecule has 1 aromatic carbocycles. The van der Waals surface area contributed by atoms with Crippen LogP contribution in [0, 0.1) is 5.92 Å². The van der Waals surface area contributed by atoms with Gasteiger partial charge in [0.1, 0.15) is 17.4 Å². The van der Waals surface area contributed by atoms with E-state index in [1.54, 1.807) is 31.4 Å². The van der Waals surface area contributed by atoms with Gasteiger partial charge in [-0.25, -0.2) is 0 Å². The van der Waals surface area contributed by atoms with Gasteiger partial charge in [0.05, 0.1) is 14.2 Å². The third-order valence-corrected chi connectivity index (χ3v) is 3.64. The first-order valence-electron chi connectivity index (χ1n) is 7.06. The van der Waals surface area contributed by atoms with Gasteiger partial charge < -0.3 is 9.47 Å². The highest BCUT2D eigenvalue weighted by atomic mass is 16.5. The van der Waals surface area contributed by atoms with Crippen molar-refractivity contribution in [2.45, 2.75) is 19.3 Å². The van der Waals surface area contributed by atoms with Crippen LogP contribution >= 0.6 is 0 Å². The Morgan fingerprint density at radius 1 is 1.14 bits per heavy atom. The number of carbonyl (C=O) groups excluding carboxylic acids is 3. The molecule has 1 saturated carbocycles. The molecule has 116 valence electrons. The number of Topliss-reactive ketones (excluding diaryl/α,β-unsaturated/α-hetero) is 2. The van der Waals surface area contributed by atoms with Crippen molar-refractivity contribution in [3.63, 3.8) is 0 Å². The van der Waals surface area contributed by atoms with Crippen molar-refractivity contribution in [2.75, 3.05) is 14.2 Å². The summed E-state index contributed by atoms with van der Waals surface area (Å²) in [5.74, 6) is -0.982. The summed E-state index contributed by atoms with van der Waals surface area (Å²) in [6.07, 6.45) is 3.95. The van der Waals surface area contributed by atoms with Gasteiger partial charge in [-0.2, -0.15) is 0 Å². The molecule has 0 unspecified atom stereocenters. The Balaban J connectivity index is 2.19. The molecule has 5 nitrogen and oxygen atoms in total. The van der Waals surface area contributed by atoms with Crippen LogP contribution in [0.1, 0.15) is 24.8 Å². The maximum Gasteiger partial charge on any atom is 0.173 e. The van der Waals surface area contributed by atoms with E-state index in [0.717, 1.165) is 0 Å². The van der Waals surface area contributed by atoms with Crippen LogP contribution in [0.25, 0.3) is 6.08 Å². The number of methoxy groups -OCH3 is 2. The second kappa shape index (κ2) is 7.02. The first-order valence-corrected chi connectivity index (χ1v) is 7.06. The number of rotatable bonds is 5. The molecule has 0 heterocycles. The maximum atomic E-state index is 12.1. The Bertz CT molecular complexity index is 614. The summed E-state index contributed by atoms with van der Waals surface area (Å²) in [6.45, 7) is 0. The van der Waals surface area contributed by atoms with E-state index >= 15 is 0 Å². The van der Waals surface area contributed by atoms with E-state index in [1.807, 2.05) is 0 Å². The standard InChI is InChI=1S/C17H18O5/c1-21-12-8-6-11(16(10-12)22-2)7-9-15(20)17-13(18)4-3-5-14(17)19/h6-10,17H,3-5H2,1-2H3. The highest BCUT2D eigenvalue weighted by Gasteiger charge is 2.34. The van der Waals surface area contributed by atoms with Crippen LogP contribution in [0.2, 0.25) is 0 Å². The van der Waals surface area contributed by atoms with E-state index in [4.69, 9.17) is 9.47 Å². The van der Waals surface area contributed by atoms with Crippen molar-refractivity contribution >= 4 is 23.4 Å². The van der Waals surface area contributed by atoms with Crippen LogP contribution in [0.15, 0.2) is 24.3 Å². The number of allylic oxidation sites excluding steroid dienone is 1. The van der Waals surface area contributed by atoms with Crippen LogP contribution in [-0.2, 0) is 14.4 Å². The summed E-state index contributed by atoms with van der Waals surface area (Å²) in [4.78, 5) is 35.6. The van der Waals surface area contributed by atoms with Crippen LogP contribution in [0.5, 0.6) is 11.5 Å². The Labute approximate surface area is 128 Å². The summed E-state index contributed by atoms with van der Waals surface area (Å²) in [7, 11) is 3.07. The fourth-order valence-corrected chi connectivity index (χ4v) is 2.45. The Kier molecular flexibility index (Phi) is 5.09. The summed E-state index contributed by atoms with van der Waals surface area (Å²) in [5.41, 5.74) is 0.673. The van der Waals surface area contributed by atoms with Gasteiger partial charge in [0.2, 0.25) is 0 Å². The molecular weight excluding hydrogens is 284 g/mol. The SMILES string of the molecule is COc1ccc(C=CC(=O)C2C(=O)CCCC2=O)c(OC)c1. The molecule has 22 heavy (non-hydrogen) atoms. The molecule has 0 amide bonds. The molecule has 5 heteroatoms. The monoisotopic (exact) mass is 302 g/mol. The molecule has 1 fully saturated rings. The predicted molar refractivity (Wildman–Crippen MR) is 80.9 cm³/mol. The van der Waals surface area contributed by atoms with Crippen molar-refractivity contribution in [3.8, 4) is 11.5 Å². The summed E-state index contributed by atoms with van der Waals surface area (Å²) >= 11 is 0. The Morgan fingerprint density at radius 3 is 2.41 bits per heavy atom. The average Bonchev–Trinajstić information content (AvgIpc) is 2.52. The normalized spacial score (nSPS) is 16.1. The van der Waals surface area contributed by atoms with Crippen molar-refractivity contribution < 1.29 is 23.9 Å². The molecule has 2 rings (SSSR count). The summed E-state index contributed by atoms with van der Waals surface area (Å²) < 4.78 is 10.3. The van der Waals surface area contributed by atoms with Crippen molar-refractivity contribution in [2.24, 2.45) is 5.92 Å². The lowest BCUT2D eigenvalue weighted by molar-refractivity contribution is -0.140. The largest absolute Gasteiger partial charge is 0.497 e. The number of ether oxygens (including phenoxy) is 2. The Hall–Kier alpha value is -2.43. The van der Waals surface area contributed by atoms with Crippen molar-refractivity contribution in [1.29, 1.82) is 0 Å². The van der Waals surface area contributed by atoms with Crippen LogP contribution in [0.4, 0.5) is 0 Å². The minimum Gasteiger partial charge on any atom is -0.497 e. The van der Waals surface area contributed by atoms with Gasteiger partial charge in [0.15, 0.2) is 17.3 Å². The average molecular weight is 302 g/mol. The first kappa shape index (κ1) is 15.9. The van der Waals surface area contributed by atoms with E-state index in [0.29, 0.717) is 36.3 Å². The first-order chi connectivity index (χ1) is 10.6. The topological polar surface area (TPSA) is 69.7 Å². The van der Waals surface area contributed by atoms with Gasteiger partial charge in [-0.1, -0.05) is 0 Å². The molecule has 0 radical (unpaired) electrons. The third-order valence-electron chi connectivity index (χ3n) is 3.64. The molecule has 0 aromatic heterocycles. The number of hydrogen-bond acceptors (Lipinski definition) is 5. The van der Waals surface area contributed by atoms with E-state index in [1.165, 1.54) is 13.2 Å². The fraction of sp³-hybridized carbons (Fsp3) is 0.353. The van der Waals surface area contributed by atoms with Crippen molar-refractivity contribution in [3.05, 3.63) is 29.8 Å². The van der Waals surface area contributed by atoms with Gasteiger partial charge in [-0.3, -0.25) is 14.4 Å². The zero-order valence-electron chi connectivity index (χ0n) is 12.6. The minimum atomic E-state index is -1.13. The highest BCUT2D eigenvalue weighted by Crippen LogP contribution is 2.26. The van der Waals surface area contributed by atoms with E-state index in [2.05, 4.69) is 0 Å². The van der Waals surface area contributed by atoms with Crippen LogP contribution in [-0.4, -0.2) is 31.6 Å². The van der Waals surface area contributed by atoms with E-state index in [-0.39, 0.29) is 11.6 Å². The molecule has 0 saturated heterocycles. The maximum absolute atomic E-state index is 12.1. The van der Waals surface area contributed by atoms with Crippen LogP contribution in [0.3, 0.4) is 0 Å². The predicted octanol–water partition coefficient (Wildman–Crippen LogP) is 2.22. The molecule has 0 bridgehead atoms.